The molecule has 0 atom stereocenters. The van der Waals surface area contributed by atoms with Crippen LogP contribution in [0, 0.1) is 12.3 Å². The van der Waals surface area contributed by atoms with E-state index in [9.17, 15) is 9.59 Å². The lowest BCUT2D eigenvalue weighted by molar-refractivity contribution is 0.0994. The first-order valence-corrected chi connectivity index (χ1v) is 9.59. The molecule has 0 saturated carbocycles. The molecule has 0 fully saturated rings. The summed E-state index contributed by atoms with van der Waals surface area (Å²) in [4.78, 5) is 29.4. The maximum atomic E-state index is 12.7. The van der Waals surface area contributed by atoms with Crippen LogP contribution in [0.1, 0.15) is 10.4 Å². The van der Waals surface area contributed by atoms with Gasteiger partial charge in [0.2, 0.25) is 0 Å². The summed E-state index contributed by atoms with van der Waals surface area (Å²) in [6, 6.07) is 11.8. The molecular formula is C20H10Cl2N2O3S. The number of hydrogen-bond donors (Lipinski definition) is 0. The first kappa shape index (κ1) is 18.5. The Labute approximate surface area is 172 Å². The number of aromatic nitrogens is 1. The highest BCUT2D eigenvalue weighted by Crippen LogP contribution is 2.32. The second-order valence-electron chi connectivity index (χ2n) is 5.79. The van der Waals surface area contributed by atoms with Gasteiger partial charge in [-0.25, -0.2) is 4.79 Å². The van der Waals surface area contributed by atoms with E-state index in [1.807, 2.05) is 0 Å². The molecule has 0 aliphatic rings. The lowest BCUT2D eigenvalue weighted by Gasteiger charge is -2.03. The average molecular weight is 429 g/mol. The number of halogens is 2. The second kappa shape index (κ2) is 7.28. The summed E-state index contributed by atoms with van der Waals surface area (Å²) in [5.41, 5.74) is 0.0784. The Morgan fingerprint density at radius 3 is 2.82 bits per heavy atom. The third kappa shape index (κ3) is 3.14. The van der Waals surface area contributed by atoms with Crippen LogP contribution in [-0.2, 0) is 6.54 Å². The fourth-order valence-corrected chi connectivity index (χ4v) is 4.30. The van der Waals surface area contributed by atoms with Crippen LogP contribution in [-0.4, -0.2) is 10.5 Å². The van der Waals surface area contributed by atoms with Crippen molar-refractivity contribution < 1.29 is 9.21 Å². The zero-order chi connectivity index (χ0) is 19.8. The minimum Gasteiger partial charge on any atom is -0.422 e. The van der Waals surface area contributed by atoms with Crippen molar-refractivity contribution >= 4 is 61.6 Å². The average Bonchev–Trinajstić information content (AvgIpc) is 3.02. The molecule has 0 radical (unpaired) electrons. The quantitative estimate of drug-likeness (QED) is 0.349. The molecular weight excluding hydrogens is 419 g/mol. The van der Waals surface area contributed by atoms with Gasteiger partial charge in [-0.05, 0) is 24.3 Å². The van der Waals surface area contributed by atoms with Gasteiger partial charge < -0.3 is 8.98 Å². The summed E-state index contributed by atoms with van der Waals surface area (Å²) in [7, 11) is 0. The van der Waals surface area contributed by atoms with Crippen LogP contribution in [0.2, 0.25) is 10.0 Å². The third-order valence-electron chi connectivity index (χ3n) is 4.05. The second-order valence-corrected chi connectivity index (χ2v) is 7.58. The van der Waals surface area contributed by atoms with E-state index >= 15 is 0 Å². The molecule has 4 aromatic rings. The summed E-state index contributed by atoms with van der Waals surface area (Å²) in [6.07, 6.45) is 5.46. The largest absolute Gasteiger partial charge is 0.422 e. The molecule has 0 aliphatic heterocycles. The van der Waals surface area contributed by atoms with E-state index < -0.39 is 11.5 Å². The van der Waals surface area contributed by atoms with E-state index in [0.717, 1.165) is 4.70 Å². The minimum absolute atomic E-state index is 0.137. The van der Waals surface area contributed by atoms with Gasteiger partial charge in [-0.15, -0.1) is 6.42 Å². The smallest absolute Gasteiger partial charge is 0.349 e. The van der Waals surface area contributed by atoms with Gasteiger partial charge in [0.25, 0.3) is 5.91 Å². The van der Waals surface area contributed by atoms with Crippen molar-refractivity contribution in [1.82, 2.24) is 4.57 Å². The molecule has 0 N–H and O–H groups in total. The van der Waals surface area contributed by atoms with Crippen molar-refractivity contribution in [3.05, 3.63) is 73.3 Å². The highest BCUT2D eigenvalue weighted by atomic mass is 35.5. The number of para-hydroxylation sites is 1. The molecule has 138 valence electrons. The molecule has 1 amide bonds. The number of hydrogen-bond acceptors (Lipinski definition) is 4. The van der Waals surface area contributed by atoms with E-state index in [2.05, 4.69) is 10.9 Å². The van der Waals surface area contributed by atoms with Gasteiger partial charge in [0.05, 0.1) is 26.8 Å². The molecule has 0 saturated heterocycles. The van der Waals surface area contributed by atoms with E-state index in [0.29, 0.717) is 31.3 Å². The van der Waals surface area contributed by atoms with E-state index in [1.54, 1.807) is 41.0 Å². The van der Waals surface area contributed by atoms with Crippen molar-refractivity contribution in [2.75, 3.05) is 0 Å². The number of carbonyl (C=O) groups excluding carboxylic acids is 1. The SMILES string of the molecule is C#CCn1c(=NC(=O)c2cc3ccccc3oc2=O)sc2ccc(Cl)c(Cl)c21. The number of benzene rings is 2. The zero-order valence-electron chi connectivity index (χ0n) is 14.1. The predicted molar refractivity (Wildman–Crippen MR) is 111 cm³/mol. The van der Waals surface area contributed by atoms with Gasteiger partial charge in [-0.2, -0.15) is 4.99 Å². The summed E-state index contributed by atoms with van der Waals surface area (Å²) in [5, 5.41) is 1.32. The standard InChI is InChI=1S/C20H10Cl2N2O3S/c1-2-9-24-17-15(8-7-13(21)16(17)22)28-20(24)23-18(25)12-10-11-5-3-4-6-14(11)27-19(12)26/h1,3-8,10H,9H2. The maximum absolute atomic E-state index is 12.7. The van der Waals surface area contributed by atoms with Crippen molar-refractivity contribution in [3.8, 4) is 12.3 Å². The normalized spacial score (nSPS) is 11.8. The summed E-state index contributed by atoms with van der Waals surface area (Å²) in [6.45, 7) is 0.137. The number of carbonyl (C=O) groups is 1. The van der Waals surface area contributed by atoms with E-state index in [1.165, 1.54) is 17.4 Å². The molecule has 0 unspecified atom stereocenters. The van der Waals surface area contributed by atoms with Crippen LogP contribution < -0.4 is 10.4 Å². The maximum Gasteiger partial charge on any atom is 0.349 e. The van der Waals surface area contributed by atoms with Gasteiger partial charge in [0.15, 0.2) is 4.80 Å². The fourth-order valence-electron chi connectivity index (χ4n) is 2.78. The lowest BCUT2D eigenvalue weighted by atomic mass is 10.2. The Hall–Kier alpha value is -2.85. The van der Waals surface area contributed by atoms with Crippen LogP contribution >= 0.6 is 34.5 Å². The number of thiazole rings is 1. The van der Waals surface area contributed by atoms with Gasteiger partial charge >= 0.3 is 5.63 Å². The number of fused-ring (bicyclic) bond motifs is 2. The highest BCUT2D eigenvalue weighted by molar-refractivity contribution is 7.16. The van der Waals surface area contributed by atoms with Gasteiger partial charge in [0, 0.05) is 5.39 Å². The molecule has 0 aliphatic carbocycles. The fraction of sp³-hybridized carbons (Fsp3) is 0.0500. The Kier molecular flexibility index (Phi) is 4.82. The number of terminal acetylenes is 1. The monoisotopic (exact) mass is 428 g/mol. The van der Waals surface area contributed by atoms with Crippen LogP contribution in [0.25, 0.3) is 21.2 Å². The van der Waals surface area contributed by atoms with Gasteiger partial charge in [-0.3, -0.25) is 4.79 Å². The van der Waals surface area contributed by atoms with Crippen molar-refractivity contribution in [1.29, 1.82) is 0 Å². The van der Waals surface area contributed by atoms with Crippen molar-refractivity contribution in [3.63, 3.8) is 0 Å². The predicted octanol–water partition coefficient (Wildman–Crippen LogP) is 4.49. The number of amides is 1. The Bertz CT molecular complexity index is 1420. The Morgan fingerprint density at radius 2 is 2.04 bits per heavy atom. The van der Waals surface area contributed by atoms with Crippen molar-refractivity contribution in [2.45, 2.75) is 6.54 Å². The summed E-state index contributed by atoms with van der Waals surface area (Å²) >= 11 is 13.6. The number of rotatable bonds is 2. The lowest BCUT2D eigenvalue weighted by Crippen LogP contribution is -2.19. The van der Waals surface area contributed by atoms with Crippen molar-refractivity contribution in [2.24, 2.45) is 4.99 Å². The topological polar surface area (TPSA) is 64.6 Å². The molecule has 0 bridgehead atoms. The molecule has 28 heavy (non-hydrogen) atoms. The van der Waals surface area contributed by atoms with Gasteiger partial charge in [-0.1, -0.05) is 58.7 Å². The van der Waals surface area contributed by atoms with E-state index in [-0.39, 0.29) is 12.1 Å². The third-order valence-corrected chi connectivity index (χ3v) is 5.89. The molecule has 0 spiro atoms. The zero-order valence-corrected chi connectivity index (χ0v) is 16.4. The molecule has 5 nitrogen and oxygen atoms in total. The summed E-state index contributed by atoms with van der Waals surface area (Å²) in [5.74, 6) is 1.79. The van der Waals surface area contributed by atoms with Gasteiger partial charge in [0.1, 0.15) is 11.1 Å². The van der Waals surface area contributed by atoms with Crippen LogP contribution in [0.4, 0.5) is 0 Å². The van der Waals surface area contributed by atoms with Crippen LogP contribution in [0.15, 0.2) is 56.7 Å². The van der Waals surface area contributed by atoms with Crippen LogP contribution in [0.3, 0.4) is 0 Å². The summed E-state index contributed by atoms with van der Waals surface area (Å²) < 4.78 is 7.60. The Balaban J connectivity index is 1.93. The van der Waals surface area contributed by atoms with E-state index in [4.69, 9.17) is 34.0 Å². The molecule has 2 aromatic heterocycles. The molecule has 2 aromatic carbocycles. The molecule has 4 rings (SSSR count). The minimum atomic E-state index is -0.752. The first-order chi connectivity index (χ1) is 13.5. The first-order valence-electron chi connectivity index (χ1n) is 8.02. The molecule has 2 heterocycles. The number of nitrogens with zero attached hydrogens (tertiary/aromatic N) is 2. The molecule has 8 heteroatoms. The Morgan fingerprint density at radius 1 is 1.25 bits per heavy atom. The van der Waals surface area contributed by atoms with Crippen LogP contribution in [0.5, 0.6) is 0 Å². The highest BCUT2D eigenvalue weighted by Gasteiger charge is 2.16.